The molecule has 0 bridgehead atoms. The van der Waals surface area contributed by atoms with Crippen LogP contribution in [-0.2, 0) is 67.3 Å². The third kappa shape index (κ3) is 15.6. The number of nitrogens with zero attached hydrogens (tertiary/aromatic N) is 1. The van der Waals surface area contributed by atoms with Crippen molar-refractivity contribution in [2.24, 2.45) is 16.5 Å². The van der Waals surface area contributed by atoms with E-state index in [2.05, 4.69) is 20.9 Å². The smallest absolute Gasteiger partial charge is 0.287 e. The van der Waals surface area contributed by atoms with Gasteiger partial charge in [-0.15, -0.1) is 0 Å². The van der Waals surface area contributed by atoms with E-state index >= 15 is 0 Å². The number of carbonyl (C=O) groups excluding carboxylic acids is 6. The number of aliphatic imine (C=N–C) groups is 1. The molecule has 3 aliphatic rings. The minimum atomic E-state index is -0.771. The number of benzene rings is 6. The second-order valence-corrected chi connectivity index (χ2v) is 22.0. The molecule has 0 saturated carbocycles. The van der Waals surface area contributed by atoms with Crippen molar-refractivity contribution in [2.75, 3.05) is 19.7 Å². The second-order valence-electron chi connectivity index (χ2n) is 19.5. The molecule has 8 N–H and O–H groups in total. The minimum Gasteiger partial charge on any atom is -0.396 e. The lowest BCUT2D eigenvalue weighted by molar-refractivity contribution is -0.138. The summed E-state index contributed by atoms with van der Waals surface area (Å²) in [6.45, 7) is 2.22. The molecule has 6 aromatic rings. The van der Waals surface area contributed by atoms with Crippen LogP contribution in [0, 0.1) is 17.5 Å². The number of aliphatic hydroxyl groups excluding tert-OH is 1. The standard InChI is InChI=1S/C21H20Cl2FN3O2.C19H17Cl2FN2O2.C19H16Cl2FNO3/c1-11(25)26-10-15-13-3-2-4-16(22)14(13)9-19(15)27-21(29)20(28)8-12-5-6-17(23)18(24)7-12;20-14-3-1-2-11-12(14)8-17(13(11)9-23)24-19(26)18(25)7-10-4-5-15(21)16(22)6-10;20-14-3-1-2-11-12(14)8-17(13(11)9-24)23-19(26)18(25)7-10-4-5-15(21)16(22)6-10/h2-7,15,19H,8-10H2,1H3,(H2,25,26)(H,27,29);1-6,13,17H,7-9,23H2,(H,24,26);1-6,13,17,24H,7-9H2,(H,23,26). The van der Waals surface area contributed by atoms with Gasteiger partial charge in [-0.25, -0.2) is 13.2 Å². The SMILES string of the molecule is CC(N)=NCC1c2cccc(Cl)c2CC1NC(=O)C(=O)Cc1ccc(Cl)c(F)c1.NCC1c2cccc(Cl)c2CC1NC(=O)C(=O)Cc1ccc(Cl)c(F)c1.O=C(Cc1ccc(Cl)c(F)c1)C(=O)NC1Cc2c(Cl)cccc2C1CO. The van der Waals surface area contributed by atoms with Gasteiger partial charge in [0.1, 0.15) is 17.5 Å². The Kier molecular flexibility index (Phi) is 21.6. The molecule has 0 spiro atoms. The highest BCUT2D eigenvalue weighted by Gasteiger charge is 2.38. The van der Waals surface area contributed by atoms with Gasteiger partial charge in [0.15, 0.2) is 0 Å². The van der Waals surface area contributed by atoms with Gasteiger partial charge in [-0.2, -0.15) is 0 Å². The highest BCUT2D eigenvalue weighted by Crippen LogP contribution is 2.40. The van der Waals surface area contributed by atoms with Crippen molar-refractivity contribution in [1.29, 1.82) is 0 Å². The van der Waals surface area contributed by atoms with Crippen LogP contribution in [0.25, 0.3) is 0 Å². The summed E-state index contributed by atoms with van der Waals surface area (Å²) in [4.78, 5) is 78.1. The number of nitrogens with two attached hydrogens (primary N) is 2. The van der Waals surface area contributed by atoms with Crippen LogP contribution in [0.4, 0.5) is 13.2 Å². The molecule has 0 radical (unpaired) electrons. The number of aliphatic hydroxyl groups is 1. The Bertz CT molecular complexity index is 3300. The normalized spacial score (nSPS) is 18.4. The molecular weight excluding hydrogens is 1170 g/mol. The van der Waals surface area contributed by atoms with Gasteiger partial charge in [-0.05, 0) is 131 Å². The number of hydrogen-bond acceptors (Lipinski definition) is 9. The Labute approximate surface area is 494 Å². The lowest BCUT2D eigenvalue weighted by Gasteiger charge is -2.20. The molecule has 13 nitrogen and oxygen atoms in total. The van der Waals surface area contributed by atoms with Crippen LogP contribution < -0.4 is 27.4 Å². The second kappa shape index (κ2) is 28.1. The van der Waals surface area contributed by atoms with Crippen molar-refractivity contribution in [2.45, 2.75) is 81.3 Å². The number of nitrogens with one attached hydrogen (secondary N) is 3. The van der Waals surface area contributed by atoms with Gasteiger partial charge in [-0.1, -0.05) is 124 Å². The molecule has 6 aromatic carbocycles. The van der Waals surface area contributed by atoms with Crippen LogP contribution in [0.15, 0.2) is 114 Å². The summed E-state index contributed by atoms with van der Waals surface area (Å²) in [5, 5.41) is 19.6. The Morgan fingerprint density at radius 3 is 1.15 bits per heavy atom. The highest BCUT2D eigenvalue weighted by molar-refractivity contribution is 6.38. The molecule has 81 heavy (non-hydrogen) atoms. The molecule has 0 aromatic heterocycles. The van der Waals surface area contributed by atoms with E-state index < -0.39 is 58.6 Å². The van der Waals surface area contributed by atoms with E-state index in [1.807, 2.05) is 30.3 Å². The van der Waals surface area contributed by atoms with E-state index in [9.17, 15) is 47.0 Å². The number of hydrogen-bond donors (Lipinski definition) is 6. The van der Waals surface area contributed by atoms with Crippen molar-refractivity contribution < 1.29 is 47.0 Å². The molecule has 3 aliphatic carbocycles. The first-order chi connectivity index (χ1) is 38.6. The van der Waals surface area contributed by atoms with Crippen LogP contribution in [0.2, 0.25) is 30.1 Å². The number of ketones is 3. The first kappa shape index (κ1) is 62.3. The predicted molar refractivity (Wildman–Crippen MR) is 308 cm³/mol. The number of carbonyl (C=O) groups is 6. The number of Topliss-reactive ketones (excluding diaryl/α,β-unsaturated/α-hetero) is 3. The van der Waals surface area contributed by atoms with Gasteiger partial charge in [0.05, 0.1) is 27.5 Å². The fourth-order valence-electron chi connectivity index (χ4n) is 10.1. The summed E-state index contributed by atoms with van der Waals surface area (Å²) in [5.41, 5.74) is 18.3. The van der Waals surface area contributed by atoms with Crippen molar-refractivity contribution in [1.82, 2.24) is 16.0 Å². The van der Waals surface area contributed by atoms with Crippen molar-refractivity contribution in [3.05, 3.63) is 207 Å². The summed E-state index contributed by atoms with van der Waals surface area (Å²) >= 11 is 35.6. The van der Waals surface area contributed by atoms with E-state index in [0.717, 1.165) is 51.6 Å². The molecule has 0 saturated heterocycles. The maximum atomic E-state index is 13.6. The summed E-state index contributed by atoms with van der Waals surface area (Å²) < 4.78 is 40.5. The fourth-order valence-corrected chi connectivity index (χ4v) is 11.2. The zero-order valence-electron chi connectivity index (χ0n) is 43.1. The number of amidine groups is 1. The molecule has 9 rings (SSSR count). The van der Waals surface area contributed by atoms with Crippen molar-refractivity contribution in [3.63, 3.8) is 0 Å². The Hall–Kier alpha value is -6.34. The van der Waals surface area contributed by atoms with Crippen LogP contribution in [0.5, 0.6) is 0 Å². The maximum Gasteiger partial charge on any atom is 0.287 e. The maximum absolute atomic E-state index is 13.6. The molecule has 22 heteroatoms. The Balaban J connectivity index is 0.000000176. The van der Waals surface area contributed by atoms with Crippen molar-refractivity contribution in [3.8, 4) is 0 Å². The lowest BCUT2D eigenvalue weighted by Crippen LogP contribution is -2.43. The molecule has 6 atom stereocenters. The predicted octanol–water partition coefficient (Wildman–Crippen LogP) is 9.53. The van der Waals surface area contributed by atoms with Gasteiger partial charge >= 0.3 is 0 Å². The largest absolute Gasteiger partial charge is 0.396 e. The molecule has 3 amide bonds. The molecule has 0 heterocycles. The monoisotopic (exact) mass is 1220 g/mol. The van der Waals surface area contributed by atoms with Crippen LogP contribution in [-0.4, -0.2) is 83.8 Å². The van der Waals surface area contributed by atoms with Gasteiger partial charge in [0.25, 0.3) is 17.7 Å². The van der Waals surface area contributed by atoms with Gasteiger partial charge in [0.2, 0.25) is 17.3 Å². The number of halogens is 9. The molecule has 0 aliphatic heterocycles. The van der Waals surface area contributed by atoms with Gasteiger partial charge in [-0.3, -0.25) is 33.8 Å². The highest BCUT2D eigenvalue weighted by atomic mass is 35.5. The Morgan fingerprint density at radius 2 is 0.827 bits per heavy atom. The topological polar surface area (TPSA) is 223 Å². The fraction of sp³-hybridized carbons (Fsp3) is 0.271. The average Bonchev–Trinajstić information content (AvgIpc) is 4.27. The number of amides is 3. The minimum absolute atomic E-state index is 0.0305. The first-order valence-electron chi connectivity index (χ1n) is 25.3. The van der Waals surface area contributed by atoms with Crippen molar-refractivity contribution >= 4 is 111 Å². The number of rotatable bonds is 16. The third-order valence-electron chi connectivity index (χ3n) is 14.1. The van der Waals surface area contributed by atoms with E-state index in [4.69, 9.17) is 81.1 Å². The molecular formula is C59H53Cl6F3N6O7. The van der Waals surface area contributed by atoms with E-state index in [0.29, 0.717) is 69.9 Å². The van der Waals surface area contributed by atoms with E-state index in [1.54, 1.807) is 31.2 Å². The van der Waals surface area contributed by atoms with Gasteiger partial charge in [0, 0.05) is 83.3 Å². The van der Waals surface area contributed by atoms with Crippen LogP contribution in [0.1, 0.15) is 74.7 Å². The first-order valence-corrected chi connectivity index (χ1v) is 27.6. The van der Waals surface area contributed by atoms with Crippen LogP contribution in [0.3, 0.4) is 0 Å². The summed E-state index contributed by atoms with van der Waals surface area (Å²) in [6.07, 6.45) is 0.802. The van der Waals surface area contributed by atoms with Gasteiger partial charge < -0.3 is 32.5 Å². The summed E-state index contributed by atoms with van der Waals surface area (Å²) in [6, 6.07) is 27.5. The van der Waals surface area contributed by atoms with E-state index in [-0.39, 0.29) is 70.8 Å². The molecule has 424 valence electrons. The quantitative estimate of drug-likeness (QED) is 0.0308. The zero-order valence-corrected chi connectivity index (χ0v) is 47.7. The Morgan fingerprint density at radius 1 is 0.506 bits per heavy atom. The molecule has 6 unspecified atom stereocenters. The third-order valence-corrected chi connectivity index (χ3v) is 16.1. The van der Waals surface area contributed by atoms with Crippen LogP contribution >= 0.6 is 69.6 Å². The number of fused-ring (bicyclic) bond motifs is 3. The summed E-state index contributed by atoms with van der Waals surface area (Å²) in [5.74, 6) is -6.25. The summed E-state index contributed by atoms with van der Waals surface area (Å²) in [7, 11) is 0. The molecule has 0 fully saturated rings. The lowest BCUT2D eigenvalue weighted by atomic mass is 9.98. The van der Waals surface area contributed by atoms with E-state index in [1.165, 1.54) is 36.4 Å². The zero-order chi connectivity index (χ0) is 58.8. The average molecular weight is 1230 g/mol.